The molecule has 6 nitrogen and oxygen atoms in total. The van der Waals surface area contributed by atoms with Crippen molar-refractivity contribution in [3.05, 3.63) is 0 Å². The van der Waals surface area contributed by atoms with E-state index in [-0.39, 0.29) is 29.9 Å². The van der Waals surface area contributed by atoms with Crippen molar-refractivity contribution in [3.8, 4) is 0 Å². The van der Waals surface area contributed by atoms with Gasteiger partial charge >= 0.3 is 0 Å². The van der Waals surface area contributed by atoms with Gasteiger partial charge in [-0.05, 0) is 65.3 Å². The highest BCUT2D eigenvalue weighted by Crippen LogP contribution is 2.27. The monoisotopic (exact) mass is 519 g/mol. The number of hydrogen-bond acceptors (Lipinski definition) is 3. The van der Waals surface area contributed by atoms with Crippen molar-refractivity contribution >= 4 is 35.8 Å². The molecule has 0 aromatic carbocycles. The van der Waals surface area contributed by atoms with Gasteiger partial charge in [0.25, 0.3) is 0 Å². The first-order chi connectivity index (χ1) is 13.6. The minimum absolute atomic E-state index is 0. The highest BCUT2D eigenvalue weighted by Gasteiger charge is 2.32. The van der Waals surface area contributed by atoms with Crippen molar-refractivity contribution in [3.63, 3.8) is 0 Å². The van der Waals surface area contributed by atoms with Crippen LogP contribution in [0.3, 0.4) is 0 Å². The number of rotatable bonds is 6. The molecule has 3 fully saturated rings. The Hall–Kier alpha value is -0.570. The maximum atomic E-state index is 12.7. The fourth-order valence-corrected chi connectivity index (χ4v) is 4.96. The Morgan fingerprint density at radius 2 is 1.83 bits per heavy atom. The highest BCUT2D eigenvalue weighted by atomic mass is 127. The van der Waals surface area contributed by atoms with Gasteiger partial charge in [-0.2, -0.15) is 0 Å². The topological polar surface area (TPSA) is 60.0 Å². The van der Waals surface area contributed by atoms with Crippen molar-refractivity contribution in [2.45, 2.75) is 77.8 Å². The average molecular weight is 520 g/mol. The minimum Gasteiger partial charge on any atom is -0.357 e. The Labute approximate surface area is 194 Å². The van der Waals surface area contributed by atoms with Crippen LogP contribution in [0.25, 0.3) is 0 Å². The molecule has 0 bridgehead atoms. The summed E-state index contributed by atoms with van der Waals surface area (Å²) in [4.78, 5) is 22.2. The largest absolute Gasteiger partial charge is 0.357 e. The van der Waals surface area contributed by atoms with Crippen molar-refractivity contribution in [2.75, 3.05) is 39.3 Å². The number of hydrogen-bond donors (Lipinski definition) is 2. The number of likely N-dealkylation sites (tertiary alicyclic amines) is 2. The molecule has 3 rings (SSSR count). The molecule has 168 valence electrons. The summed E-state index contributed by atoms with van der Waals surface area (Å²) in [6.45, 7) is 12.5. The maximum Gasteiger partial charge on any atom is 0.225 e. The fraction of sp³-hybridized carbons (Fsp3) is 0.909. The zero-order chi connectivity index (χ0) is 19.9. The zero-order valence-corrected chi connectivity index (χ0v) is 21.0. The van der Waals surface area contributed by atoms with Crippen molar-refractivity contribution in [1.29, 1.82) is 0 Å². The van der Waals surface area contributed by atoms with Gasteiger partial charge in [0.05, 0.1) is 0 Å². The number of carbonyl (C=O) groups is 1. The number of carbonyl (C=O) groups excluding carboxylic acids is 1. The summed E-state index contributed by atoms with van der Waals surface area (Å²) in [6, 6.07) is 0.946. The van der Waals surface area contributed by atoms with Gasteiger partial charge in [0.1, 0.15) is 0 Å². The summed E-state index contributed by atoms with van der Waals surface area (Å²) in [7, 11) is 0. The second-order valence-electron chi connectivity index (χ2n) is 9.21. The Morgan fingerprint density at radius 3 is 2.52 bits per heavy atom. The molecule has 2 heterocycles. The number of nitrogens with zero attached hydrogens (tertiary/aromatic N) is 3. The number of piperidine rings is 1. The van der Waals surface area contributed by atoms with Crippen LogP contribution in [0.2, 0.25) is 0 Å². The number of aliphatic imine (C=N–C) groups is 1. The van der Waals surface area contributed by atoms with Gasteiger partial charge in [0.2, 0.25) is 5.91 Å². The molecule has 2 atom stereocenters. The molecule has 0 aromatic heterocycles. The lowest BCUT2D eigenvalue weighted by molar-refractivity contribution is -0.134. The predicted molar refractivity (Wildman–Crippen MR) is 131 cm³/mol. The first kappa shape index (κ1) is 24.7. The second kappa shape index (κ2) is 12.3. The van der Waals surface area contributed by atoms with Crippen LogP contribution < -0.4 is 10.6 Å². The number of nitrogens with one attached hydrogen (secondary N) is 2. The van der Waals surface area contributed by atoms with Gasteiger partial charge < -0.3 is 20.4 Å². The standard InChI is InChI=1S/C22H41N5O.HI/c1-4-23-22(24-14-18-8-7-12-26(15-18)17(2)3)25-20-11-13-27(16-20)21(28)19-9-5-6-10-19;/h17-20H,4-16H2,1-3H3,(H2,23,24,25);1H. The lowest BCUT2D eigenvalue weighted by Crippen LogP contribution is -2.46. The first-order valence-electron chi connectivity index (χ1n) is 11.6. The molecule has 0 spiro atoms. The quantitative estimate of drug-likeness (QED) is 0.322. The summed E-state index contributed by atoms with van der Waals surface area (Å²) < 4.78 is 0. The Morgan fingerprint density at radius 1 is 1.07 bits per heavy atom. The van der Waals surface area contributed by atoms with Crippen molar-refractivity contribution in [2.24, 2.45) is 16.8 Å². The van der Waals surface area contributed by atoms with E-state index in [1.54, 1.807) is 0 Å². The Kier molecular flexibility index (Phi) is 10.5. The van der Waals surface area contributed by atoms with Gasteiger partial charge in [0.15, 0.2) is 5.96 Å². The van der Waals surface area contributed by atoms with Crippen LogP contribution in [-0.4, -0.2) is 73.0 Å². The Balaban J connectivity index is 0.00000300. The molecule has 1 amide bonds. The highest BCUT2D eigenvalue weighted by molar-refractivity contribution is 14.0. The molecule has 0 aromatic rings. The molecular weight excluding hydrogens is 477 g/mol. The second-order valence-corrected chi connectivity index (χ2v) is 9.21. The summed E-state index contributed by atoms with van der Waals surface area (Å²) in [6.07, 6.45) is 8.20. The third-order valence-electron chi connectivity index (χ3n) is 6.68. The van der Waals surface area contributed by atoms with E-state index in [1.165, 1.54) is 32.2 Å². The Bertz CT molecular complexity index is 535. The zero-order valence-electron chi connectivity index (χ0n) is 18.7. The SMILES string of the molecule is CCNC(=NCC1CCCN(C(C)C)C1)NC1CCN(C(=O)C2CCCC2)C1.I. The van der Waals surface area contributed by atoms with Crippen molar-refractivity contribution < 1.29 is 4.79 Å². The summed E-state index contributed by atoms with van der Waals surface area (Å²) >= 11 is 0. The van der Waals surface area contributed by atoms with E-state index < -0.39 is 0 Å². The minimum atomic E-state index is 0. The molecule has 3 aliphatic rings. The fourth-order valence-electron chi connectivity index (χ4n) is 4.96. The van der Waals surface area contributed by atoms with E-state index in [2.05, 4.69) is 41.2 Å². The van der Waals surface area contributed by atoms with Crippen LogP contribution in [-0.2, 0) is 4.79 Å². The van der Waals surface area contributed by atoms with E-state index in [0.29, 0.717) is 23.9 Å². The average Bonchev–Trinajstić information content (AvgIpc) is 3.38. The van der Waals surface area contributed by atoms with Gasteiger partial charge in [-0.25, -0.2) is 0 Å². The molecule has 2 aliphatic heterocycles. The van der Waals surface area contributed by atoms with Crippen LogP contribution >= 0.6 is 24.0 Å². The summed E-state index contributed by atoms with van der Waals surface area (Å²) in [5.74, 6) is 2.25. The van der Waals surface area contributed by atoms with Crippen LogP contribution in [0.1, 0.15) is 65.7 Å². The smallest absolute Gasteiger partial charge is 0.225 e. The lowest BCUT2D eigenvalue weighted by Gasteiger charge is -2.35. The van der Waals surface area contributed by atoms with Crippen molar-refractivity contribution in [1.82, 2.24) is 20.4 Å². The van der Waals surface area contributed by atoms with Crippen LogP contribution in [0.15, 0.2) is 4.99 Å². The molecule has 7 heteroatoms. The third kappa shape index (κ3) is 7.26. The number of guanidine groups is 1. The maximum absolute atomic E-state index is 12.7. The van der Waals surface area contributed by atoms with Gasteiger partial charge in [-0.1, -0.05) is 12.8 Å². The third-order valence-corrected chi connectivity index (χ3v) is 6.68. The molecule has 2 unspecified atom stereocenters. The van der Waals surface area contributed by atoms with E-state index >= 15 is 0 Å². The van der Waals surface area contributed by atoms with Gasteiger partial charge in [0, 0.05) is 50.7 Å². The molecular formula is C22H42IN5O. The molecule has 0 radical (unpaired) electrons. The lowest BCUT2D eigenvalue weighted by atomic mass is 9.97. The molecule has 2 N–H and O–H groups in total. The van der Waals surface area contributed by atoms with Crippen LogP contribution in [0.5, 0.6) is 0 Å². The van der Waals surface area contributed by atoms with Gasteiger partial charge in [-0.15, -0.1) is 24.0 Å². The van der Waals surface area contributed by atoms with Gasteiger partial charge in [-0.3, -0.25) is 9.79 Å². The molecule has 2 saturated heterocycles. The predicted octanol–water partition coefficient (Wildman–Crippen LogP) is 3.07. The number of halogens is 1. The van der Waals surface area contributed by atoms with Crippen LogP contribution in [0, 0.1) is 11.8 Å². The first-order valence-corrected chi connectivity index (χ1v) is 11.6. The van der Waals surface area contributed by atoms with E-state index in [0.717, 1.165) is 57.9 Å². The molecule has 1 aliphatic carbocycles. The summed E-state index contributed by atoms with van der Waals surface area (Å²) in [5.41, 5.74) is 0. The van der Waals surface area contributed by atoms with E-state index in [1.807, 2.05) is 0 Å². The normalized spacial score (nSPS) is 26.6. The number of amides is 1. The molecule has 1 saturated carbocycles. The summed E-state index contributed by atoms with van der Waals surface area (Å²) in [5, 5.41) is 7.00. The van der Waals surface area contributed by atoms with E-state index in [4.69, 9.17) is 4.99 Å². The van der Waals surface area contributed by atoms with Crippen LogP contribution in [0.4, 0.5) is 0 Å². The molecule has 29 heavy (non-hydrogen) atoms. The van der Waals surface area contributed by atoms with E-state index in [9.17, 15) is 4.79 Å².